The van der Waals surface area contributed by atoms with E-state index in [1.165, 1.54) is 12.1 Å². The number of hydrogen-bond acceptors (Lipinski definition) is 6. The Bertz CT molecular complexity index is 4620. The van der Waals surface area contributed by atoms with Gasteiger partial charge in [0.15, 0.2) is 0 Å². The average molecular weight is 1910 g/mol. The van der Waals surface area contributed by atoms with Gasteiger partial charge in [0.1, 0.15) is 17.5 Å². The summed E-state index contributed by atoms with van der Waals surface area (Å²) in [4.78, 5) is 26.1. The van der Waals surface area contributed by atoms with Gasteiger partial charge < -0.3 is 29.9 Å². The van der Waals surface area contributed by atoms with Crippen LogP contribution in [0, 0.1) is 59.8 Å². The first-order valence-corrected chi connectivity index (χ1v) is 33.8. The van der Waals surface area contributed by atoms with Crippen LogP contribution in [0.1, 0.15) is 57.2 Å². The largest absolute Gasteiger partial charge is 0.305 e. The Morgan fingerprint density at radius 2 is 0.562 bits per heavy atom. The third-order valence-electron chi connectivity index (χ3n) is 15.9. The van der Waals surface area contributed by atoms with Crippen LogP contribution in [0.3, 0.4) is 0 Å². The van der Waals surface area contributed by atoms with Gasteiger partial charge in [-0.3, -0.25) is 0 Å². The fourth-order valence-electron chi connectivity index (χ4n) is 10.6. The Morgan fingerprint density at radius 1 is 0.286 bits per heavy atom. The van der Waals surface area contributed by atoms with E-state index in [4.69, 9.17) is 0 Å². The Balaban J connectivity index is 0.000000179. The predicted octanol–water partition coefficient (Wildman–Crippen LogP) is 23.6. The minimum Gasteiger partial charge on any atom is -0.305 e. The molecule has 0 fully saturated rings. The summed E-state index contributed by atoms with van der Waals surface area (Å²) in [7, 11) is 0. The number of nitrogens with zero attached hydrogens (tertiary/aromatic N) is 6. The molecule has 15 aromatic rings. The molecule has 9 aromatic carbocycles. The molecule has 15 rings (SSSR count). The van der Waals surface area contributed by atoms with Crippen molar-refractivity contribution >= 4 is 0 Å². The van der Waals surface area contributed by atoms with Crippen LogP contribution in [0.2, 0.25) is 0 Å². The van der Waals surface area contributed by atoms with Crippen LogP contribution < -0.4 is 0 Å². The third kappa shape index (κ3) is 25.2. The van der Waals surface area contributed by atoms with E-state index in [0.29, 0.717) is 12.3 Å². The van der Waals surface area contributed by atoms with Crippen LogP contribution in [0.5, 0.6) is 0 Å². The van der Waals surface area contributed by atoms with Crippen molar-refractivity contribution in [2.24, 2.45) is 5.92 Å². The molecule has 0 aliphatic rings. The molecule has 0 spiro atoms. The molecule has 0 aliphatic heterocycles. The van der Waals surface area contributed by atoms with Gasteiger partial charge in [-0.05, 0) is 164 Å². The monoisotopic (exact) mass is 1910 g/mol. The normalized spacial score (nSPS) is 10.1. The summed E-state index contributed by atoms with van der Waals surface area (Å²) >= 11 is 0. The second-order valence-electron chi connectivity index (χ2n) is 24.1. The maximum Gasteiger partial charge on any atom is 0.126 e. The van der Waals surface area contributed by atoms with E-state index in [-0.39, 0.29) is 83.7 Å². The molecule has 3 radical (unpaired) electrons. The van der Waals surface area contributed by atoms with E-state index in [0.717, 1.165) is 124 Å². The quantitative estimate of drug-likeness (QED) is 0.107. The Labute approximate surface area is 657 Å². The van der Waals surface area contributed by atoms with Crippen LogP contribution in [0.15, 0.2) is 328 Å². The summed E-state index contributed by atoms with van der Waals surface area (Å²) in [6.07, 6.45) is 12.3. The molecule has 6 heterocycles. The molecule has 0 saturated heterocycles. The molecule has 0 bridgehead atoms. The molecule has 6 nitrogen and oxygen atoms in total. The van der Waals surface area contributed by atoms with E-state index >= 15 is 0 Å². The van der Waals surface area contributed by atoms with Crippen molar-refractivity contribution in [1.82, 2.24) is 29.9 Å². The molecule has 0 unspecified atom stereocenters. The van der Waals surface area contributed by atoms with E-state index in [9.17, 15) is 13.2 Å². The fraction of sp³-hybridized carbons (Fsp3) is 0.0968. The van der Waals surface area contributed by atoms with Crippen LogP contribution in [0.4, 0.5) is 13.2 Å². The predicted molar refractivity (Wildman–Crippen MR) is 409 cm³/mol. The van der Waals surface area contributed by atoms with Crippen molar-refractivity contribution in [3.05, 3.63) is 399 Å². The molecule has 12 heteroatoms. The summed E-state index contributed by atoms with van der Waals surface area (Å²) in [6, 6.07) is 111. The summed E-state index contributed by atoms with van der Waals surface area (Å²) in [5.74, 6) is 0.151. The van der Waals surface area contributed by atoms with Crippen LogP contribution in [0.25, 0.3) is 101 Å². The summed E-state index contributed by atoms with van der Waals surface area (Å²) < 4.78 is 41.3. The topological polar surface area (TPSA) is 77.3 Å². The molecule has 105 heavy (non-hydrogen) atoms. The Hall–Kier alpha value is -10.4. The zero-order chi connectivity index (χ0) is 71.1. The number of halogens is 3. The molecule has 0 saturated carbocycles. The zero-order valence-corrected chi connectivity index (χ0v) is 65.7. The first-order valence-electron chi connectivity index (χ1n) is 33.8. The molecular formula is C93H75F3Ir3N6-6. The molecule has 0 aliphatic carbocycles. The molecule has 531 valence electrons. The minimum atomic E-state index is -0.151. The number of pyridine rings is 6. The first-order chi connectivity index (χ1) is 50.0. The number of rotatable bonds is 13. The summed E-state index contributed by atoms with van der Waals surface area (Å²) in [5, 5.41) is 0. The van der Waals surface area contributed by atoms with Crippen molar-refractivity contribution in [1.29, 1.82) is 0 Å². The molecule has 6 aromatic heterocycles. The van der Waals surface area contributed by atoms with E-state index in [1.54, 1.807) is 36.8 Å². The van der Waals surface area contributed by atoms with Crippen LogP contribution in [-0.4, -0.2) is 29.9 Å². The number of aromatic nitrogens is 6. The van der Waals surface area contributed by atoms with Gasteiger partial charge in [-0.25, -0.2) is 13.2 Å². The fourth-order valence-corrected chi connectivity index (χ4v) is 10.6. The minimum absolute atomic E-state index is 0. The van der Waals surface area contributed by atoms with Gasteiger partial charge in [0.25, 0.3) is 0 Å². The molecule has 0 amide bonds. The van der Waals surface area contributed by atoms with E-state index in [1.807, 2.05) is 300 Å². The summed E-state index contributed by atoms with van der Waals surface area (Å²) in [6.45, 7) is 10.1. The Morgan fingerprint density at radius 3 is 0.819 bits per heavy atom. The molecule has 0 atom stereocenters. The summed E-state index contributed by atoms with van der Waals surface area (Å²) in [5.41, 5.74) is 19.8. The first kappa shape index (κ1) is 81.9. The van der Waals surface area contributed by atoms with E-state index in [2.05, 4.69) is 80.1 Å². The van der Waals surface area contributed by atoms with Crippen molar-refractivity contribution in [2.75, 3.05) is 0 Å². The van der Waals surface area contributed by atoms with Crippen LogP contribution in [-0.2, 0) is 73.2 Å². The smallest absolute Gasteiger partial charge is 0.126 e. The van der Waals surface area contributed by atoms with Crippen molar-refractivity contribution in [3.63, 3.8) is 0 Å². The second kappa shape index (κ2) is 43.7. The standard InChI is InChI=1S/C21H19FN.C20H17FN.C19H15FN.3C11H8N.3Ir/c1-15(2)12-19-13-17(8-10-20(19)22)18-9-11-21(23-14-18)16-6-4-3-5-7-16;1-14(2)18-12-16(8-10-19(18)21)17-9-11-20(22-13-17)15-6-4-3-5-7-15;1-2-14-12-16(8-10-18(14)20)17-9-11-19(21-13-17)15-6-4-3-5-7-15;3*1-2-6-10(7-3-1)11-8-4-5-9-12-11;;;/h3-6,8-11,13-15H,12H2,1-2H3;3-6,8-14H,1-2H3;3-6,8-13H,2H2,1H3;3*1-6,8-9H;;;/q6*-1;;;. The van der Waals surface area contributed by atoms with Crippen LogP contribution >= 0.6 is 0 Å². The maximum absolute atomic E-state index is 13.9. The SMILES string of the molecule is CC(C)Cc1cc(-c2ccc(-c3[c-]cccc3)nc2)ccc1F.CC(C)c1cc(-c2ccc(-c3[c-]cccc3)nc2)ccc1F.CCc1cc(-c2ccc(-c3[c-]cccc3)nc2)ccc1F.[Ir].[Ir].[Ir].[c-]1ccccc1-c1ccccn1.[c-]1ccccc1-c1ccccn1.[c-]1ccccc1-c1ccccn1. The van der Waals surface area contributed by atoms with Gasteiger partial charge in [-0.15, -0.1) is 215 Å². The van der Waals surface area contributed by atoms with Crippen molar-refractivity contribution < 1.29 is 73.5 Å². The second-order valence-corrected chi connectivity index (χ2v) is 24.1. The molecule has 0 N–H and O–H groups in total. The van der Waals surface area contributed by atoms with Gasteiger partial charge in [-0.1, -0.05) is 126 Å². The molecular weight excluding hydrogens is 1830 g/mol. The van der Waals surface area contributed by atoms with Gasteiger partial charge in [0, 0.05) is 97.5 Å². The average Bonchev–Trinajstić information content (AvgIpc) is 0.832. The van der Waals surface area contributed by atoms with Gasteiger partial charge in [0.05, 0.1) is 0 Å². The number of hydrogen-bond donors (Lipinski definition) is 0. The van der Waals surface area contributed by atoms with Crippen molar-refractivity contribution in [3.8, 4) is 101 Å². The number of benzene rings is 9. The third-order valence-corrected chi connectivity index (χ3v) is 15.9. The van der Waals surface area contributed by atoms with Crippen molar-refractivity contribution in [2.45, 2.75) is 53.4 Å². The zero-order valence-electron chi connectivity index (χ0n) is 58.6. The van der Waals surface area contributed by atoms with Gasteiger partial charge in [-0.2, -0.15) is 0 Å². The number of aryl methyl sites for hydroxylation is 1. The maximum atomic E-state index is 13.9. The van der Waals surface area contributed by atoms with Gasteiger partial charge in [0.2, 0.25) is 0 Å². The van der Waals surface area contributed by atoms with E-state index < -0.39 is 0 Å². The Kier molecular flexibility index (Phi) is 34.1. The van der Waals surface area contributed by atoms with Gasteiger partial charge >= 0.3 is 0 Å².